The molecule has 0 radical (unpaired) electrons. The number of nitrogens with zero attached hydrogens (tertiary/aromatic N) is 1. The van der Waals surface area contributed by atoms with E-state index in [-0.39, 0.29) is 23.5 Å². The van der Waals surface area contributed by atoms with E-state index in [4.69, 9.17) is 5.11 Å². The first-order valence-corrected chi connectivity index (χ1v) is 7.65. The van der Waals surface area contributed by atoms with Crippen LogP contribution >= 0.6 is 0 Å². The normalized spacial score (nSPS) is 13.9. The van der Waals surface area contributed by atoms with Gasteiger partial charge in [-0.15, -0.1) is 0 Å². The number of anilines is 1. The third-order valence-corrected chi connectivity index (χ3v) is 3.95. The number of carbonyl (C=O) groups is 2. The van der Waals surface area contributed by atoms with Crippen molar-refractivity contribution in [2.45, 2.75) is 13.3 Å². The third kappa shape index (κ3) is 3.58. The first-order chi connectivity index (χ1) is 11.9. The van der Waals surface area contributed by atoms with Crippen molar-refractivity contribution in [2.75, 3.05) is 5.43 Å². The van der Waals surface area contributed by atoms with Crippen LogP contribution in [-0.4, -0.2) is 27.7 Å². The van der Waals surface area contributed by atoms with E-state index in [1.165, 1.54) is 12.1 Å². The van der Waals surface area contributed by atoms with E-state index < -0.39 is 5.97 Å². The predicted octanol–water partition coefficient (Wildman–Crippen LogP) is 3.09. The molecule has 6 heteroatoms. The smallest absolute Gasteiger partial charge is 0.335 e. The minimum atomic E-state index is -0.992. The molecule has 0 amide bonds. The highest BCUT2D eigenvalue weighted by Gasteiger charge is 2.20. The number of allylic oxidation sites excluding steroid dienone is 1. The van der Waals surface area contributed by atoms with Crippen LogP contribution in [0.15, 0.2) is 53.1 Å². The van der Waals surface area contributed by atoms with Crippen LogP contribution in [-0.2, 0) is 11.2 Å². The van der Waals surface area contributed by atoms with Crippen molar-refractivity contribution in [1.82, 2.24) is 0 Å². The first kappa shape index (κ1) is 16.4. The summed E-state index contributed by atoms with van der Waals surface area (Å²) >= 11 is 0. The topological polar surface area (TPSA) is 99.0 Å². The lowest BCUT2D eigenvalue weighted by Gasteiger charge is -2.15. The fraction of sp³-hybridized carbons (Fsp3) is 0.105. The van der Waals surface area contributed by atoms with Gasteiger partial charge in [0, 0.05) is 12.0 Å². The van der Waals surface area contributed by atoms with Crippen LogP contribution in [0.5, 0.6) is 5.75 Å². The minimum Gasteiger partial charge on any atom is -0.508 e. The van der Waals surface area contributed by atoms with Gasteiger partial charge in [-0.25, -0.2) is 4.79 Å². The maximum Gasteiger partial charge on any atom is 0.335 e. The van der Waals surface area contributed by atoms with E-state index in [9.17, 15) is 14.7 Å². The lowest BCUT2D eigenvalue weighted by Crippen LogP contribution is -2.18. The largest absolute Gasteiger partial charge is 0.508 e. The Kier molecular flexibility index (Phi) is 4.35. The highest BCUT2D eigenvalue weighted by atomic mass is 16.4. The Morgan fingerprint density at radius 1 is 1.16 bits per heavy atom. The van der Waals surface area contributed by atoms with Crippen molar-refractivity contribution in [2.24, 2.45) is 5.10 Å². The van der Waals surface area contributed by atoms with Crippen LogP contribution in [0.2, 0.25) is 0 Å². The maximum atomic E-state index is 12.3. The molecular weight excluding hydrogens is 320 g/mol. The number of fused-ring (bicyclic) bond motifs is 1. The second kappa shape index (κ2) is 6.60. The van der Waals surface area contributed by atoms with Crippen LogP contribution in [0.4, 0.5) is 5.69 Å². The fourth-order valence-electron chi connectivity index (χ4n) is 2.59. The zero-order chi connectivity index (χ0) is 18.0. The average Bonchev–Trinajstić information content (AvgIpc) is 2.59. The van der Waals surface area contributed by atoms with Crippen LogP contribution in [0.3, 0.4) is 0 Å². The van der Waals surface area contributed by atoms with E-state index in [0.29, 0.717) is 17.0 Å². The molecule has 0 heterocycles. The summed E-state index contributed by atoms with van der Waals surface area (Å²) in [6.07, 6.45) is 1.98. The fourth-order valence-corrected chi connectivity index (χ4v) is 2.59. The quantitative estimate of drug-likeness (QED) is 0.588. The van der Waals surface area contributed by atoms with Crippen molar-refractivity contribution in [3.63, 3.8) is 0 Å². The van der Waals surface area contributed by atoms with E-state index in [1.807, 2.05) is 0 Å². The van der Waals surface area contributed by atoms with Gasteiger partial charge >= 0.3 is 5.97 Å². The number of phenols is 1. The Morgan fingerprint density at radius 3 is 2.56 bits per heavy atom. The van der Waals surface area contributed by atoms with Gasteiger partial charge in [0.2, 0.25) is 0 Å². The number of ketones is 1. The van der Waals surface area contributed by atoms with E-state index in [1.54, 1.807) is 43.3 Å². The number of carboxylic acid groups (broad SMARTS) is 1. The summed E-state index contributed by atoms with van der Waals surface area (Å²) in [5.74, 6) is -0.920. The summed E-state index contributed by atoms with van der Waals surface area (Å²) in [6.45, 7) is 1.73. The zero-order valence-corrected chi connectivity index (χ0v) is 13.5. The number of hydrogen-bond donors (Lipinski definition) is 3. The summed E-state index contributed by atoms with van der Waals surface area (Å²) in [7, 11) is 0. The molecule has 3 N–H and O–H groups in total. The highest BCUT2D eigenvalue weighted by molar-refractivity contribution is 6.26. The lowest BCUT2D eigenvalue weighted by molar-refractivity contribution is -0.114. The lowest BCUT2D eigenvalue weighted by atomic mass is 9.89. The van der Waals surface area contributed by atoms with Gasteiger partial charge in [0.1, 0.15) is 5.75 Å². The van der Waals surface area contributed by atoms with Crippen LogP contribution in [0.25, 0.3) is 6.08 Å². The molecule has 1 aliphatic carbocycles. The first-order valence-electron chi connectivity index (χ1n) is 7.65. The van der Waals surface area contributed by atoms with Crippen molar-refractivity contribution in [3.8, 4) is 5.75 Å². The van der Waals surface area contributed by atoms with Crippen molar-refractivity contribution < 1.29 is 19.8 Å². The number of aromatic hydroxyl groups is 1. The Hall–Kier alpha value is -3.41. The van der Waals surface area contributed by atoms with Gasteiger partial charge in [-0.1, -0.05) is 6.07 Å². The molecule has 0 unspecified atom stereocenters. The molecule has 2 aromatic rings. The van der Waals surface area contributed by atoms with Crippen molar-refractivity contribution in [1.29, 1.82) is 0 Å². The molecular formula is C19H16N2O4. The molecule has 0 atom stereocenters. The molecule has 25 heavy (non-hydrogen) atoms. The number of carboxylic acids is 1. The molecule has 0 aromatic heterocycles. The maximum absolute atomic E-state index is 12.3. The van der Waals surface area contributed by atoms with Gasteiger partial charge < -0.3 is 10.2 Å². The minimum absolute atomic E-state index is 0.0672. The van der Waals surface area contributed by atoms with Crippen LogP contribution in [0, 0.1) is 0 Å². The van der Waals surface area contributed by atoms with Crippen molar-refractivity contribution in [3.05, 3.63) is 64.7 Å². The van der Waals surface area contributed by atoms with Gasteiger partial charge in [0.25, 0.3) is 0 Å². The number of hydrogen-bond acceptors (Lipinski definition) is 5. The third-order valence-electron chi connectivity index (χ3n) is 3.95. The summed E-state index contributed by atoms with van der Waals surface area (Å²) in [4.78, 5) is 23.2. The van der Waals surface area contributed by atoms with Gasteiger partial charge in [-0.3, -0.25) is 10.2 Å². The molecule has 0 spiro atoms. The Morgan fingerprint density at radius 2 is 1.88 bits per heavy atom. The number of nitrogens with one attached hydrogen (secondary N) is 1. The average molecular weight is 336 g/mol. The monoisotopic (exact) mass is 336 g/mol. The van der Waals surface area contributed by atoms with Gasteiger partial charge in [0.05, 0.1) is 17.0 Å². The number of benzene rings is 2. The standard InChI is InChI=1S/C19H16N2O4/c1-11(20-21-15-5-2-12(3-6-15)19(24)25)17-9-13-4-7-16(22)8-14(13)10-18(17)23/h2-9,21-22H,10H2,1H3,(H,24,25)/b20-11+. The summed E-state index contributed by atoms with van der Waals surface area (Å²) in [5.41, 5.74) is 6.35. The number of phenolic OH excluding ortho intramolecular Hbond substituents is 1. The van der Waals surface area contributed by atoms with E-state index in [0.717, 1.165) is 11.1 Å². The summed E-state index contributed by atoms with van der Waals surface area (Å²) in [5, 5.41) is 22.6. The Bertz CT molecular complexity index is 912. The summed E-state index contributed by atoms with van der Waals surface area (Å²) < 4.78 is 0. The molecule has 2 aromatic carbocycles. The number of aromatic carboxylic acids is 1. The predicted molar refractivity (Wildman–Crippen MR) is 94.9 cm³/mol. The molecule has 6 nitrogen and oxygen atoms in total. The van der Waals surface area contributed by atoms with Gasteiger partial charge in [-0.2, -0.15) is 5.10 Å². The van der Waals surface area contributed by atoms with Crippen molar-refractivity contribution >= 4 is 29.2 Å². The van der Waals surface area contributed by atoms with Gasteiger partial charge in [0.15, 0.2) is 5.78 Å². The zero-order valence-electron chi connectivity index (χ0n) is 13.5. The SMILES string of the molecule is C/C(=N\Nc1ccc(C(=O)O)cc1)C1=Cc2ccc(O)cc2CC1=O. The Balaban J connectivity index is 1.80. The van der Waals surface area contributed by atoms with Crippen LogP contribution < -0.4 is 5.43 Å². The van der Waals surface area contributed by atoms with Crippen LogP contribution in [0.1, 0.15) is 28.4 Å². The molecule has 0 saturated heterocycles. The number of Topliss-reactive ketones (excluding diaryl/α,β-unsaturated/α-hetero) is 1. The molecule has 3 rings (SSSR count). The van der Waals surface area contributed by atoms with E-state index in [2.05, 4.69) is 10.5 Å². The molecule has 0 aliphatic heterocycles. The second-order valence-corrected chi connectivity index (χ2v) is 5.73. The molecule has 1 aliphatic rings. The van der Waals surface area contributed by atoms with E-state index >= 15 is 0 Å². The molecule has 0 bridgehead atoms. The molecule has 0 saturated carbocycles. The molecule has 0 fully saturated rings. The van der Waals surface area contributed by atoms with Gasteiger partial charge in [-0.05, 0) is 60.5 Å². The summed E-state index contributed by atoms with van der Waals surface area (Å²) in [6, 6.07) is 11.1. The number of hydrazone groups is 1. The number of carbonyl (C=O) groups excluding carboxylic acids is 1. The second-order valence-electron chi connectivity index (χ2n) is 5.73. The molecule has 126 valence electrons. The Labute approximate surface area is 144 Å². The highest BCUT2D eigenvalue weighted by Crippen LogP contribution is 2.26. The number of rotatable bonds is 4.